The van der Waals surface area contributed by atoms with Gasteiger partial charge in [0.2, 0.25) is 10.0 Å². The van der Waals surface area contributed by atoms with Crippen LogP contribution in [0.5, 0.6) is 0 Å². The van der Waals surface area contributed by atoms with Crippen LogP contribution < -0.4 is 5.14 Å². The first-order valence-electron chi connectivity index (χ1n) is 8.79. The van der Waals surface area contributed by atoms with Crippen molar-refractivity contribution >= 4 is 27.3 Å². The highest BCUT2D eigenvalue weighted by Gasteiger charge is 2.25. The van der Waals surface area contributed by atoms with Gasteiger partial charge in [-0.15, -0.1) is 11.3 Å². The third-order valence-corrected chi connectivity index (χ3v) is 7.35. The summed E-state index contributed by atoms with van der Waals surface area (Å²) in [5.41, 5.74) is 3.06. The lowest BCUT2D eigenvalue weighted by Crippen LogP contribution is -2.38. The first-order valence-corrected chi connectivity index (χ1v) is 11.2. The molecule has 140 valence electrons. The van der Waals surface area contributed by atoms with Gasteiger partial charge < -0.3 is 4.90 Å². The fourth-order valence-electron chi connectivity index (χ4n) is 3.31. The van der Waals surface area contributed by atoms with Crippen LogP contribution in [-0.2, 0) is 16.4 Å². The second kappa shape index (κ2) is 7.90. The van der Waals surface area contributed by atoms with Crippen LogP contribution >= 0.6 is 11.3 Å². The van der Waals surface area contributed by atoms with Gasteiger partial charge in [-0.3, -0.25) is 4.79 Å². The Kier molecular flexibility index (Phi) is 5.79. The summed E-state index contributed by atoms with van der Waals surface area (Å²) >= 11 is 0.996. The molecule has 2 N–H and O–H groups in total. The number of nitrogens with two attached hydrogens (primary N) is 1. The normalized spacial score (nSPS) is 16.0. The zero-order valence-electron chi connectivity index (χ0n) is 14.8. The molecule has 0 saturated carbocycles. The highest BCUT2D eigenvalue weighted by atomic mass is 32.2. The summed E-state index contributed by atoms with van der Waals surface area (Å²) < 4.78 is 22.8. The largest absolute Gasteiger partial charge is 0.339 e. The lowest BCUT2D eigenvalue weighted by Gasteiger charge is -2.32. The Bertz CT molecular complexity index is 864. The second-order valence-corrected chi connectivity index (χ2v) is 9.66. The maximum atomic E-state index is 12.6. The quantitative estimate of drug-likeness (QED) is 0.848. The number of piperidine rings is 1. The smallest absolute Gasteiger partial charge is 0.254 e. The van der Waals surface area contributed by atoms with E-state index in [9.17, 15) is 13.2 Å². The van der Waals surface area contributed by atoms with E-state index in [1.807, 2.05) is 4.90 Å². The van der Waals surface area contributed by atoms with E-state index in [0.29, 0.717) is 11.5 Å². The molecule has 1 amide bonds. The van der Waals surface area contributed by atoms with E-state index in [4.69, 9.17) is 5.14 Å². The molecule has 0 aliphatic carbocycles. The number of likely N-dealkylation sites (tertiary alicyclic amines) is 1. The molecule has 2 heterocycles. The van der Waals surface area contributed by atoms with Crippen molar-refractivity contribution in [3.05, 3.63) is 52.4 Å². The lowest BCUT2D eigenvalue weighted by molar-refractivity contribution is 0.0687. The number of aryl methyl sites for hydroxylation is 2. The van der Waals surface area contributed by atoms with Gasteiger partial charge in [0.25, 0.3) is 5.91 Å². The van der Waals surface area contributed by atoms with Crippen molar-refractivity contribution in [2.24, 2.45) is 11.1 Å². The lowest BCUT2D eigenvalue weighted by atomic mass is 9.90. The molecule has 0 bridgehead atoms. The number of sulfonamides is 1. The molecular formula is C19H24N2O3S2. The molecule has 1 aliphatic rings. The predicted octanol–water partition coefficient (Wildman–Crippen LogP) is 3.19. The summed E-state index contributed by atoms with van der Waals surface area (Å²) in [5.74, 6) is 0.524. The average molecular weight is 393 g/mol. The van der Waals surface area contributed by atoms with Crippen LogP contribution in [-0.4, -0.2) is 32.3 Å². The number of rotatable bonds is 5. The van der Waals surface area contributed by atoms with Gasteiger partial charge in [-0.05, 0) is 50.2 Å². The molecule has 1 aliphatic heterocycles. The number of hydrogen-bond donors (Lipinski definition) is 1. The highest BCUT2D eigenvalue weighted by molar-refractivity contribution is 7.91. The van der Waals surface area contributed by atoms with Gasteiger partial charge in [-0.1, -0.05) is 29.8 Å². The molecule has 2 aromatic rings. The Morgan fingerprint density at radius 2 is 1.88 bits per heavy atom. The molecule has 3 rings (SSSR count). The molecule has 0 radical (unpaired) electrons. The summed E-state index contributed by atoms with van der Waals surface area (Å²) in [6.07, 6.45) is 4.19. The third-order valence-electron chi connectivity index (χ3n) is 4.97. The molecule has 0 unspecified atom stereocenters. The molecule has 1 fully saturated rings. The summed E-state index contributed by atoms with van der Waals surface area (Å²) in [6, 6.07) is 10.0. The van der Waals surface area contributed by atoms with Gasteiger partial charge in [0.05, 0.1) is 5.56 Å². The van der Waals surface area contributed by atoms with E-state index in [1.165, 1.54) is 17.2 Å². The molecule has 0 spiro atoms. The van der Waals surface area contributed by atoms with E-state index in [2.05, 4.69) is 31.2 Å². The highest BCUT2D eigenvalue weighted by Crippen LogP contribution is 2.25. The van der Waals surface area contributed by atoms with Crippen molar-refractivity contribution in [3.63, 3.8) is 0 Å². The van der Waals surface area contributed by atoms with Crippen LogP contribution in [0.1, 0.15) is 40.7 Å². The molecule has 7 heteroatoms. The molecule has 1 saturated heterocycles. The first-order chi connectivity index (χ1) is 12.3. The van der Waals surface area contributed by atoms with Gasteiger partial charge in [0.15, 0.2) is 0 Å². The van der Waals surface area contributed by atoms with Crippen molar-refractivity contribution in [1.29, 1.82) is 0 Å². The summed E-state index contributed by atoms with van der Waals surface area (Å²) in [6.45, 7) is 3.53. The predicted molar refractivity (Wildman–Crippen MR) is 104 cm³/mol. The van der Waals surface area contributed by atoms with E-state index in [0.717, 1.165) is 50.1 Å². The van der Waals surface area contributed by atoms with Crippen molar-refractivity contribution in [3.8, 4) is 0 Å². The number of thiophene rings is 1. The second-order valence-electron chi connectivity index (χ2n) is 6.96. The summed E-state index contributed by atoms with van der Waals surface area (Å²) in [5, 5.41) is 6.69. The summed E-state index contributed by atoms with van der Waals surface area (Å²) in [4.78, 5) is 14.4. The molecule has 0 atom stereocenters. The van der Waals surface area contributed by atoms with E-state index < -0.39 is 10.0 Å². The number of amides is 1. The van der Waals surface area contributed by atoms with Crippen LogP contribution in [0.15, 0.2) is 39.9 Å². The number of hydrogen-bond acceptors (Lipinski definition) is 4. The molecular weight excluding hydrogens is 368 g/mol. The van der Waals surface area contributed by atoms with Crippen LogP contribution in [0.3, 0.4) is 0 Å². The van der Waals surface area contributed by atoms with Crippen molar-refractivity contribution in [1.82, 2.24) is 4.90 Å². The molecule has 1 aromatic heterocycles. The van der Waals surface area contributed by atoms with Crippen LogP contribution in [0, 0.1) is 12.8 Å². The number of benzene rings is 1. The molecule has 5 nitrogen and oxygen atoms in total. The van der Waals surface area contributed by atoms with Crippen LogP contribution in [0.25, 0.3) is 0 Å². The van der Waals surface area contributed by atoms with Gasteiger partial charge in [0.1, 0.15) is 4.21 Å². The number of nitrogens with zero attached hydrogens (tertiary/aromatic N) is 1. The number of carbonyl (C=O) groups excluding carboxylic acids is 1. The maximum Gasteiger partial charge on any atom is 0.254 e. The monoisotopic (exact) mass is 392 g/mol. The topological polar surface area (TPSA) is 80.5 Å². The molecule has 26 heavy (non-hydrogen) atoms. The van der Waals surface area contributed by atoms with E-state index in [-0.39, 0.29) is 10.1 Å². The number of carbonyl (C=O) groups is 1. The Labute approximate surface area is 158 Å². The zero-order valence-corrected chi connectivity index (χ0v) is 16.5. The van der Waals surface area contributed by atoms with Crippen molar-refractivity contribution < 1.29 is 13.2 Å². The first kappa shape index (κ1) is 19.1. The minimum atomic E-state index is -3.74. The zero-order chi connectivity index (χ0) is 18.7. The van der Waals surface area contributed by atoms with Gasteiger partial charge in [-0.2, -0.15) is 0 Å². The summed E-state index contributed by atoms with van der Waals surface area (Å²) in [7, 11) is -3.74. The minimum absolute atomic E-state index is 0.0360. The van der Waals surface area contributed by atoms with Gasteiger partial charge >= 0.3 is 0 Å². The third kappa shape index (κ3) is 4.72. The Hall–Kier alpha value is -1.70. The standard InChI is InChI=1S/C19H24N2O3S2/c1-14-2-4-15(5-3-14)6-7-16-8-10-21(11-9-16)19(22)17-12-18(25-13-17)26(20,23)24/h2-5,12-13,16H,6-11H2,1H3,(H2,20,23,24). The van der Waals surface area contributed by atoms with Crippen LogP contribution in [0.2, 0.25) is 0 Å². The maximum absolute atomic E-state index is 12.6. The fraction of sp³-hybridized carbons (Fsp3) is 0.421. The SMILES string of the molecule is Cc1ccc(CCC2CCN(C(=O)c3csc(S(N)(=O)=O)c3)CC2)cc1. The Morgan fingerprint density at radius 1 is 1.23 bits per heavy atom. The average Bonchev–Trinajstić information content (AvgIpc) is 3.12. The Balaban J connectivity index is 1.50. The van der Waals surface area contributed by atoms with Crippen molar-refractivity contribution in [2.45, 2.75) is 36.8 Å². The molecule has 1 aromatic carbocycles. The van der Waals surface area contributed by atoms with Gasteiger partial charge in [-0.25, -0.2) is 13.6 Å². The fourth-order valence-corrected chi connectivity index (χ4v) is 4.89. The van der Waals surface area contributed by atoms with Crippen molar-refractivity contribution in [2.75, 3.05) is 13.1 Å². The minimum Gasteiger partial charge on any atom is -0.339 e. The van der Waals surface area contributed by atoms with E-state index >= 15 is 0 Å². The van der Waals surface area contributed by atoms with E-state index in [1.54, 1.807) is 5.38 Å². The number of primary sulfonamides is 1. The van der Waals surface area contributed by atoms with Gasteiger partial charge in [0, 0.05) is 18.5 Å². The Morgan fingerprint density at radius 3 is 2.46 bits per heavy atom. The van der Waals surface area contributed by atoms with Crippen LogP contribution in [0.4, 0.5) is 0 Å².